The van der Waals surface area contributed by atoms with E-state index in [4.69, 9.17) is 26.6 Å². The van der Waals surface area contributed by atoms with Crippen molar-refractivity contribution in [2.75, 3.05) is 12.8 Å². The van der Waals surface area contributed by atoms with Gasteiger partial charge in [0.2, 0.25) is 5.88 Å². The van der Waals surface area contributed by atoms with Crippen molar-refractivity contribution in [2.24, 2.45) is 0 Å². The van der Waals surface area contributed by atoms with Crippen LogP contribution in [0.5, 0.6) is 5.75 Å². The van der Waals surface area contributed by atoms with Crippen LogP contribution in [0, 0.1) is 6.92 Å². The number of benzene rings is 1. The van der Waals surface area contributed by atoms with E-state index in [1.165, 1.54) is 0 Å². The maximum absolute atomic E-state index is 6.02. The fourth-order valence-corrected chi connectivity index (χ4v) is 1.69. The molecule has 0 spiro atoms. The molecule has 0 saturated carbocycles. The smallest absolute Gasteiger partial charge is 0.225 e. The standard InChI is InChI=1S/C11H11ClN2O2/c1-6-10(14-16-11(6)13)7-3-4-9(15-2)8(12)5-7/h3-5H,13H2,1-2H3. The van der Waals surface area contributed by atoms with E-state index >= 15 is 0 Å². The maximum Gasteiger partial charge on any atom is 0.225 e. The van der Waals surface area contributed by atoms with Crippen LogP contribution in [0.1, 0.15) is 5.56 Å². The van der Waals surface area contributed by atoms with E-state index in [-0.39, 0.29) is 0 Å². The van der Waals surface area contributed by atoms with Gasteiger partial charge in [-0.05, 0) is 25.1 Å². The summed E-state index contributed by atoms with van der Waals surface area (Å²) in [5.74, 6) is 0.946. The van der Waals surface area contributed by atoms with E-state index in [2.05, 4.69) is 5.16 Å². The van der Waals surface area contributed by atoms with Gasteiger partial charge in [0.05, 0.1) is 12.1 Å². The molecule has 2 aromatic rings. The minimum absolute atomic E-state index is 0.321. The van der Waals surface area contributed by atoms with Crippen molar-refractivity contribution in [2.45, 2.75) is 6.92 Å². The predicted octanol–water partition coefficient (Wildman–Crippen LogP) is 2.89. The Balaban J connectivity index is 2.49. The molecule has 0 aliphatic carbocycles. The second-order valence-electron chi connectivity index (χ2n) is 3.37. The lowest BCUT2D eigenvalue weighted by Crippen LogP contribution is -1.87. The normalized spacial score (nSPS) is 10.4. The Bertz CT molecular complexity index is 523. The van der Waals surface area contributed by atoms with Gasteiger partial charge in [-0.15, -0.1) is 0 Å². The summed E-state index contributed by atoms with van der Waals surface area (Å²) in [4.78, 5) is 0. The van der Waals surface area contributed by atoms with Crippen LogP contribution in [0.25, 0.3) is 11.3 Å². The first kappa shape index (κ1) is 10.8. The average Bonchev–Trinajstić information content (AvgIpc) is 2.60. The molecule has 0 unspecified atom stereocenters. The van der Waals surface area contributed by atoms with Crippen LogP contribution >= 0.6 is 11.6 Å². The zero-order chi connectivity index (χ0) is 11.7. The van der Waals surface area contributed by atoms with Gasteiger partial charge in [-0.1, -0.05) is 16.8 Å². The Morgan fingerprint density at radius 2 is 2.19 bits per heavy atom. The largest absolute Gasteiger partial charge is 0.495 e. The van der Waals surface area contributed by atoms with Crippen LogP contribution in [0.3, 0.4) is 0 Å². The van der Waals surface area contributed by atoms with Crippen molar-refractivity contribution in [1.29, 1.82) is 0 Å². The first-order valence-electron chi connectivity index (χ1n) is 4.69. The summed E-state index contributed by atoms with van der Waals surface area (Å²) < 4.78 is 9.97. The summed E-state index contributed by atoms with van der Waals surface area (Å²) >= 11 is 6.02. The van der Waals surface area contributed by atoms with Crippen LogP contribution in [0.2, 0.25) is 5.02 Å². The average molecular weight is 239 g/mol. The first-order chi connectivity index (χ1) is 7.63. The predicted molar refractivity (Wildman–Crippen MR) is 62.7 cm³/mol. The first-order valence-corrected chi connectivity index (χ1v) is 5.07. The van der Waals surface area contributed by atoms with E-state index in [0.717, 1.165) is 11.1 Å². The van der Waals surface area contributed by atoms with Gasteiger partial charge in [0.1, 0.15) is 11.4 Å². The van der Waals surface area contributed by atoms with Gasteiger partial charge < -0.3 is 15.0 Å². The monoisotopic (exact) mass is 238 g/mol. The summed E-state index contributed by atoms with van der Waals surface area (Å²) in [6, 6.07) is 5.40. The van der Waals surface area contributed by atoms with Gasteiger partial charge in [0.15, 0.2) is 0 Å². The SMILES string of the molecule is COc1ccc(-c2noc(N)c2C)cc1Cl. The molecule has 2 rings (SSSR count). The van der Waals surface area contributed by atoms with Crippen molar-refractivity contribution in [3.63, 3.8) is 0 Å². The van der Waals surface area contributed by atoms with Gasteiger partial charge >= 0.3 is 0 Å². The summed E-state index contributed by atoms with van der Waals surface area (Å²) in [5, 5.41) is 4.41. The third-order valence-corrected chi connectivity index (χ3v) is 2.68. The number of methoxy groups -OCH3 is 1. The molecule has 1 heterocycles. The molecule has 0 atom stereocenters. The quantitative estimate of drug-likeness (QED) is 0.874. The Kier molecular flexibility index (Phi) is 2.75. The molecule has 0 saturated heterocycles. The number of anilines is 1. The Morgan fingerprint density at radius 1 is 1.44 bits per heavy atom. The molecule has 1 aromatic heterocycles. The fourth-order valence-electron chi connectivity index (χ4n) is 1.43. The Morgan fingerprint density at radius 3 is 2.69 bits per heavy atom. The molecule has 4 nitrogen and oxygen atoms in total. The van der Waals surface area contributed by atoms with Crippen LogP contribution in [-0.2, 0) is 0 Å². The molecular weight excluding hydrogens is 228 g/mol. The minimum atomic E-state index is 0.321. The third-order valence-electron chi connectivity index (χ3n) is 2.39. The summed E-state index contributed by atoms with van der Waals surface area (Å²) in [6.07, 6.45) is 0. The molecule has 0 bridgehead atoms. The molecule has 0 fully saturated rings. The number of nitrogens with two attached hydrogens (primary N) is 1. The molecule has 16 heavy (non-hydrogen) atoms. The van der Waals surface area contributed by atoms with Crippen molar-refractivity contribution < 1.29 is 9.26 Å². The van der Waals surface area contributed by atoms with Crippen molar-refractivity contribution in [3.05, 3.63) is 28.8 Å². The van der Waals surface area contributed by atoms with E-state index in [1.54, 1.807) is 19.2 Å². The number of hydrogen-bond donors (Lipinski definition) is 1. The zero-order valence-corrected chi connectivity index (χ0v) is 9.71. The topological polar surface area (TPSA) is 61.3 Å². The molecule has 1 aromatic carbocycles. The Labute approximate surface area is 97.9 Å². The molecule has 84 valence electrons. The number of hydrogen-bond acceptors (Lipinski definition) is 4. The molecular formula is C11H11ClN2O2. The summed E-state index contributed by atoms with van der Waals surface area (Å²) in [5.41, 5.74) is 7.94. The number of rotatable bonds is 2. The second kappa shape index (κ2) is 4.06. The van der Waals surface area contributed by atoms with Gasteiger partial charge in [0.25, 0.3) is 0 Å². The number of nitrogen functional groups attached to an aromatic ring is 1. The van der Waals surface area contributed by atoms with E-state index in [9.17, 15) is 0 Å². The second-order valence-corrected chi connectivity index (χ2v) is 3.78. The summed E-state index contributed by atoms with van der Waals surface area (Å²) in [6.45, 7) is 1.85. The lowest BCUT2D eigenvalue weighted by Gasteiger charge is -2.04. The molecule has 0 aliphatic heterocycles. The van der Waals surface area contributed by atoms with E-state index in [1.807, 2.05) is 13.0 Å². The highest BCUT2D eigenvalue weighted by molar-refractivity contribution is 6.32. The highest BCUT2D eigenvalue weighted by Crippen LogP contribution is 2.32. The number of aromatic nitrogens is 1. The van der Waals surface area contributed by atoms with Crippen molar-refractivity contribution >= 4 is 17.5 Å². The molecule has 0 aliphatic rings. The van der Waals surface area contributed by atoms with Gasteiger partial charge in [0, 0.05) is 11.1 Å². The minimum Gasteiger partial charge on any atom is -0.495 e. The van der Waals surface area contributed by atoms with Gasteiger partial charge in [-0.2, -0.15) is 0 Å². The van der Waals surface area contributed by atoms with Crippen LogP contribution in [-0.4, -0.2) is 12.3 Å². The molecule has 2 N–H and O–H groups in total. The van der Waals surface area contributed by atoms with Crippen LogP contribution < -0.4 is 10.5 Å². The number of halogens is 1. The highest BCUT2D eigenvalue weighted by atomic mass is 35.5. The van der Waals surface area contributed by atoms with E-state index in [0.29, 0.717) is 22.4 Å². The number of nitrogens with zero attached hydrogens (tertiary/aromatic N) is 1. The van der Waals surface area contributed by atoms with Gasteiger partial charge in [-0.25, -0.2) is 0 Å². The molecule has 5 heteroatoms. The van der Waals surface area contributed by atoms with Crippen LogP contribution in [0.15, 0.2) is 22.7 Å². The highest BCUT2D eigenvalue weighted by Gasteiger charge is 2.12. The van der Waals surface area contributed by atoms with Crippen molar-refractivity contribution in [1.82, 2.24) is 5.16 Å². The summed E-state index contributed by atoms with van der Waals surface area (Å²) in [7, 11) is 1.57. The molecule has 0 amide bonds. The van der Waals surface area contributed by atoms with Gasteiger partial charge in [-0.3, -0.25) is 0 Å². The lowest BCUT2D eigenvalue weighted by atomic mass is 10.1. The molecule has 0 radical (unpaired) electrons. The number of ether oxygens (including phenoxy) is 1. The lowest BCUT2D eigenvalue weighted by molar-refractivity contribution is 0.415. The maximum atomic E-state index is 6.02. The van der Waals surface area contributed by atoms with Crippen LogP contribution in [0.4, 0.5) is 5.88 Å². The Hall–Kier alpha value is -1.68. The van der Waals surface area contributed by atoms with Crippen molar-refractivity contribution in [3.8, 4) is 17.0 Å². The zero-order valence-electron chi connectivity index (χ0n) is 8.95. The fraction of sp³-hybridized carbons (Fsp3) is 0.182. The van der Waals surface area contributed by atoms with E-state index < -0.39 is 0 Å². The third kappa shape index (κ3) is 1.72.